The zero-order valence-corrected chi connectivity index (χ0v) is 12.4. The molecule has 1 aliphatic heterocycles. The Hall–Kier alpha value is -0.870. The summed E-state index contributed by atoms with van der Waals surface area (Å²) in [5, 5.41) is 0. The van der Waals surface area contributed by atoms with Gasteiger partial charge in [-0.25, -0.2) is 0 Å². The summed E-state index contributed by atoms with van der Waals surface area (Å²) in [6.07, 6.45) is 1.01. The Bertz CT molecular complexity index is 461. The van der Waals surface area contributed by atoms with Crippen LogP contribution in [0.5, 0.6) is 0 Å². The maximum absolute atomic E-state index is 12.4. The lowest BCUT2D eigenvalue weighted by molar-refractivity contribution is 0.0743. The van der Waals surface area contributed by atoms with Crippen LogP contribution < -0.4 is 5.73 Å². The number of hydrogen-bond donors (Lipinski definition) is 1. The number of carbonyl (C=O) groups is 1. The SMILES string of the molecule is Cc1ccc(C(=O)N2CC(CN)CC2C)cc1Br. The Labute approximate surface area is 116 Å². The van der Waals surface area contributed by atoms with Gasteiger partial charge < -0.3 is 10.6 Å². The first-order chi connectivity index (χ1) is 8.52. The number of likely N-dealkylation sites (tertiary alicyclic amines) is 1. The molecule has 98 valence electrons. The highest BCUT2D eigenvalue weighted by molar-refractivity contribution is 9.10. The van der Waals surface area contributed by atoms with E-state index in [0.717, 1.165) is 28.6 Å². The van der Waals surface area contributed by atoms with Gasteiger partial charge in [0, 0.05) is 22.6 Å². The molecule has 18 heavy (non-hydrogen) atoms. The molecular weight excluding hydrogens is 292 g/mol. The molecule has 2 atom stereocenters. The Kier molecular flexibility index (Phi) is 4.07. The number of rotatable bonds is 2. The standard InChI is InChI=1S/C14H19BrN2O/c1-9-3-4-12(6-13(9)15)14(18)17-8-11(7-16)5-10(17)2/h3-4,6,10-11H,5,7-8,16H2,1-2H3. The molecule has 1 saturated heterocycles. The van der Waals surface area contributed by atoms with Gasteiger partial charge in [-0.1, -0.05) is 22.0 Å². The molecule has 0 aliphatic carbocycles. The van der Waals surface area contributed by atoms with E-state index in [1.165, 1.54) is 0 Å². The molecule has 0 aromatic heterocycles. The van der Waals surface area contributed by atoms with E-state index in [-0.39, 0.29) is 11.9 Å². The summed E-state index contributed by atoms with van der Waals surface area (Å²) in [6, 6.07) is 6.05. The van der Waals surface area contributed by atoms with Crippen LogP contribution in [-0.4, -0.2) is 29.9 Å². The van der Waals surface area contributed by atoms with Gasteiger partial charge in [-0.2, -0.15) is 0 Å². The molecule has 0 bridgehead atoms. The van der Waals surface area contributed by atoms with E-state index in [1.807, 2.05) is 30.0 Å². The van der Waals surface area contributed by atoms with Crippen LogP contribution in [0.15, 0.2) is 22.7 Å². The van der Waals surface area contributed by atoms with E-state index in [9.17, 15) is 4.79 Å². The van der Waals surface area contributed by atoms with Gasteiger partial charge in [0.1, 0.15) is 0 Å². The second kappa shape index (κ2) is 5.41. The van der Waals surface area contributed by atoms with Gasteiger partial charge in [-0.15, -0.1) is 0 Å². The van der Waals surface area contributed by atoms with Gasteiger partial charge in [0.2, 0.25) is 0 Å². The van der Waals surface area contributed by atoms with Gasteiger partial charge in [-0.3, -0.25) is 4.79 Å². The van der Waals surface area contributed by atoms with Crippen LogP contribution in [-0.2, 0) is 0 Å². The minimum absolute atomic E-state index is 0.110. The van der Waals surface area contributed by atoms with Crippen LogP contribution in [0.4, 0.5) is 0 Å². The first-order valence-electron chi connectivity index (χ1n) is 6.30. The molecule has 4 heteroatoms. The minimum atomic E-state index is 0.110. The van der Waals surface area contributed by atoms with Crippen LogP contribution in [0.1, 0.15) is 29.3 Å². The maximum atomic E-state index is 12.4. The van der Waals surface area contributed by atoms with Crippen molar-refractivity contribution < 1.29 is 4.79 Å². The van der Waals surface area contributed by atoms with Crippen molar-refractivity contribution in [3.63, 3.8) is 0 Å². The minimum Gasteiger partial charge on any atom is -0.336 e. The quantitative estimate of drug-likeness (QED) is 0.912. The van der Waals surface area contributed by atoms with Crippen molar-refractivity contribution in [1.82, 2.24) is 4.90 Å². The van der Waals surface area contributed by atoms with Crippen molar-refractivity contribution >= 4 is 21.8 Å². The fourth-order valence-electron chi connectivity index (χ4n) is 2.49. The monoisotopic (exact) mass is 310 g/mol. The lowest BCUT2D eigenvalue weighted by atomic mass is 10.1. The van der Waals surface area contributed by atoms with Gasteiger partial charge in [0.15, 0.2) is 0 Å². The lowest BCUT2D eigenvalue weighted by Gasteiger charge is -2.21. The third-order valence-corrected chi connectivity index (χ3v) is 4.53. The predicted octanol–water partition coefficient (Wildman–Crippen LogP) is 2.57. The topological polar surface area (TPSA) is 46.3 Å². The van der Waals surface area contributed by atoms with Crippen LogP contribution in [0.25, 0.3) is 0 Å². The molecule has 0 radical (unpaired) electrons. The maximum Gasteiger partial charge on any atom is 0.254 e. The number of nitrogens with two attached hydrogens (primary N) is 1. The molecule has 2 rings (SSSR count). The molecular formula is C14H19BrN2O. The molecule has 1 fully saturated rings. The molecule has 0 spiro atoms. The normalized spacial score (nSPS) is 23.4. The summed E-state index contributed by atoms with van der Waals surface area (Å²) in [5.74, 6) is 0.553. The smallest absolute Gasteiger partial charge is 0.254 e. The van der Waals surface area contributed by atoms with E-state index in [1.54, 1.807) is 0 Å². The lowest BCUT2D eigenvalue weighted by Crippen LogP contribution is -2.34. The zero-order chi connectivity index (χ0) is 13.3. The number of amides is 1. The Morgan fingerprint density at radius 3 is 2.83 bits per heavy atom. The van der Waals surface area contributed by atoms with Crippen LogP contribution >= 0.6 is 15.9 Å². The Morgan fingerprint density at radius 1 is 1.56 bits per heavy atom. The second-order valence-corrected chi connectivity index (χ2v) is 5.96. The van der Waals surface area contributed by atoms with E-state index >= 15 is 0 Å². The molecule has 2 unspecified atom stereocenters. The summed E-state index contributed by atoms with van der Waals surface area (Å²) in [4.78, 5) is 14.4. The second-order valence-electron chi connectivity index (χ2n) is 5.11. The average molecular weight is 311 g/mol. The van der Waals surface area contributed by atoms with Crippen molar-refractivity contribution in [3.05, 3.63) is 33.8 Å². The van der Waals surface area contributed by atoms with Crippen molar-refractivity contribution in [2.75, 3.05) is 13.1 Å². The molecule has 0 saturated carbocycles. The van der Waals surface area contributed by atoms with Crippen LogP contribution in [0.3, 0.4) is 0 Å². The summed E-state index contributed by atoms with van der Waals surface area (Å²) in [5.41, 5.74) is 7.58. The first kappa shape index (κ1) is 13.6. The molecule has 2 N–H and O–H groups in total. The van der Waals surface area contributed by atoms with Gasteiger partial charge in [0.25, 0.3) is 5.91 Å². The molecule has 1 aliphatic rings. The van der Waals surface area contributed by atoms with E-state index in [2.05, 4.69) is 22.9 Å². The molecule has 3 nitrogen and oxygen atoms in total. The number of hydrogen-bond acceptors (Lipinski definition) is 2. The fourth-order valence-corrected chi connectivity index (χ4v) is 2.87. The van der Waals surface area contributed by atoms with Gasteiger partial charge >= 0.3 is 0 Å². The van der Waals surface area contributed by atoms with E-state index in [4.69, 9.17) is 5.73 Å². The van der Waals surface area contributed by atoms with Crippen molar-refractivity contribution in [3.8, 4) is 0 Å². The number of halogens is 1. The van der Waals surface area contributed by atoms with E-state index < -0.39 is 0 Å². The van der Waals surface area contributed by atoms with Crippen molar-refractivity contribution in [2.24, 2.45) is 11.7 Å². The third-order valence-electron chi connectivity index (χ3n) is 3.67. The summed E-state index contributed by atoms with van der Waals surface area (Å²) < 4.78 is 0.982. The Morgan fingerprint density at radius 2 is 2.28 bits per heavy atom. The Balaban J connectivity index is 2.18. The van der Waals surface area contributed by atoms with Crippen molar-refractivity contribution in [1.29, 1.82) is 0 Å². The molecule has 1 amide bonds. The highest BCUT2D eigenvalue weighted by Gasteiger charge is 2.32. The highest BCUT2D eigenvalue weighted by Crippen LogP contribution is 2.25. The predicted molar refractivity (Wildman–Crippen MR) is 76.5 cm³/mol. The van der Waals surface area contributed by atoms with Crippen molar-refractivity contribution in [2.45, 2.75) is 26.3 Å². The molecule has 1 aromatic rings. The van der Waals surface area contributed by atoms with E-state index in [0.29, 0.717) is 12.5 Å². The largest absolute Gasteiger partial charge is 0.336 e. The van der Waals surface area contributed by atoms with Crippen LogP contribution in [0.2, 0.25) is 0 Å². The highest BCUT2D eigenvalue weighted by atomic mass is 79.9. The fraction of sp³-hybridized carbons (Fsp3) is 0.500. The number of benzene rings is 1. The third kappa shape index (κ3) is 2.59. The number of aryl methyl sites for hydroxylation is 1. The number of carbonyl (C=O) groups excluding carboxylic acids is 1. The average Bonchev–Trinajstić information content (AvgIpc) is 2.73. The summed E-state index contributed by atoms with van der Waals surface area (Å²) in [6.45, 7) is 5.55. The first-order valence-corrected chi connectivity index (χ1v) is 7.09. The van der Waals surface area contributed by atoms with Crippen LogP contribution in [0, 0.1) is 12.8 Å². The summed E-state index contributed by atoms with van der Waals surface area (Å²) >= 11 is 3.47. The summed E-state index contributed by atoms with van der Waals surface area (Å²) in [7, 11) is 0. The molecule has 1 aromatic carbocycles. The molecule has 1 heterocycles. The number of nitrogens with zero attached hydrogens (tertiary/aromatic N) is 1. The van der Waals surface area contributed by atoms with Gasteiger partial charge in [0.05, 0.1) is 0 Å². The van der Waals surface area contributed by atoms with Gasteiger partial charge in [-0.05, 0) is 50.4 Å². The zero-order valence-electron chi connectivity index (χ0n) is 10.8.